The first kappa shape index (κ1) is 20.9. The summed E-state index contributed by atoms with van der Waals surface area (Å²) in [6, 6.07) is 12.6. The lowest BCUT2D eigenvalue weighted by Gasteiger charge is -2.25. The fraction of sp³-hybridized carbons (Fsp3) is 0.375. The second kappa shape index (κ2) is 8.79. The monoisotopic (exact) mass is 422 g/mol. The highest BCUT2D eigenvalue weighted by molar-refractivity contribution is 6.01. The molecule has 0 saturated carbocycles. The van der Waals surface area contributed by atoms with Gasteiger partial charge in [0.25, 0.3) is 5.91 Å². The number of hydrogen-bond donors (Lipinski definition) is 1. The number of carbonyl (C=O) groups is 3. The van der Waals surface area contributed by atoms with Crippen LogP contribution >= 0.6 is 0 Å². The summed E-state index contributed by atoms with van der Waals surface area (Å²) in [6.45, 7) is 5.39. The fourth-order valence-electron chi connectivity index (χ4n) is 3.86. The molecule has 0 unspecified atom stereocenters. The zero-order valence-corrected chi connectivity index (χ0v) is 17.7. The summed E-state index contributed by atoms with van der Waals surface area (Å²) in [5.74, 6) is 1.09. The van der Waals surface area contributed by atoms with E-state index in [0.717, 1.165) is 16.9 Å². The molecule has 31 heavy (non-hydrogen) atoms. The largest absolute Gasteiger partial charge is 0.486 e. The Morgan fingerprint density at radius 2 is 1.61 bits per heavy atom. The van der Waals surface area contributed by atoms with E-state index in [1.54, 1.807) is 24.3 Å². The smallest absolute Gasteiger partial charge is 0.251 e. The van der Waals surface area contributed by atoms with Gasteiger partial charge in [-0.15, -0.1) is 0 Å². The average Bonchev–Trinajstić information content (AvgIpc) is 3.09. The Kier molecular flexibility index (Phi) is 5.93. The van der Waals surface area contributed by atoms with Gasteiger partial charge in [-0.2, -0.15) is 0 Å². The van der Waals surface area contributed by atoms with Gasteiger partial charge in [-0.1, -0.05) is 32.0 Å². The number of ether oxygens (including phenoxy) is 2. The molecule has 4 rings (SSSR count). The van der Waals surface area contributed by atoms with E-state index in [1.165, 1.54) is 4.90 Å². The number of hydrogen-bond acceptors (Lipinski definition) is 5. The van der Waals surface area contributed by atoms with Crippen molar-refractivity contribution in [1.82, 2.24) is 10.2 Å². The number of nitrogens with zero attached hydrogens (tertiary/aromatic N) is 1. The van der Waals surface area contributed by atoms with Crippen LogP contribution in [0.4, 0.5) is 0 Å². The molecule has 7 heteroatoms. The van der Waals surface area contributed by atoms with E-state index in [2.05, 4.69) is 19.2 Å². The molecule has 0 aliphatic carbocycles. The number of nitrogens with one attached hydrogen (secondary N) is 1. The summed E-state index contributed by atoms with van der Waals surface area (Å²) in [7, 11) is 0. The van der Waals surface area contributed by atoms with Gasteiger partial charge in [-0.3, -0.25) is 19.3 Å². The molecule has 2 aliphatic heterocycles. The van der Waals surface area contributed by atoms with E-state index in [1.807, 2.05) is 18.2 Å². The van der Waals surface area contributed by atoms with Gasteiger partial charge in [0, 0.05) is 18.4 Å². The number of likely N-dealkylation sites (tertiary alicyclic amines) is 1. The van der Waals surface area contributed by atoms with Crippen molar-refractivity contribution in [3.8, 4) is 11.5 Å². The van der Waals surface area contributed by atoms with Crippen LogP contribution in [-0.2, 0) is 16.1 Å². The molecule has 1 fully saturated rings. The molecule has 0 radical (unpaired) electrons. The number of carbonyl (C=O) groups excluding carboxylic acids is 3. The van der Waals surface area contributed by atoms with Gasteiger partial charge in [0.2, 0.25) is 11.8 Å². The third-order valence-corrected chi connectivity index (χ3v) is 5.59. The van der Waals surface area contributed by atoms with Crippen molar-refractivity contribution in [1.29, 1.82) is 0 Å². The second-order valence-corrected chi connectivity index (χ2v) is 8.17. The predicted octanol–water partition coefficient (Wildman–Crippen LogP) is 3.23. The molecule has 2 aromatic rings. The van der Waals surface area contributed by atoms with Crippen molar-refractivity contribution in [2.24, 2.45) is 5.92 Å². The Hall–Kier alpha value is -3.35. The van der Waals surface area contributed by atoms with Gasteiger partial charge in [-0.05, 0) is 41.3 Å². The maximum absolute atomic E-state index is 12.9. The summed E-state index contributed by atoms with van der Waals surface area (Å²) in [4.78, 5) is 37.8. The van der Waals surface area contributed by atoms with Crippen LogP contribution < -0.4 is 14.8 Å². The van der Waals surface area contributed by atoms with E-state index in [9.17, 15) is 14.4 Å². The van der Waals surface area contributed by atoms with Crippen LogP contribution in [0.15, 0.2) is 42.5 Å². The number of amides is 3. The van der Waals surface area contributed by atoms with Crippen LogP contribution in [0.5, 0.6) is 11.5 Å². The summed E-state index contributed by atoms with van der Waals surface area (Å²) < 4.78 is 11.3. The SMILES string of the molecule is CC(C)[C@@H](NC(=O)c1ccc(CN2C(=O)CCC2=O)cc1)c1ccc2c(c1)OCCO2. The Morgan fingerprint density at radius 1 is 0.968 bits per heavy atom. The summed E-state index contributed by atoms with van der Waals surface area (Å²) in [5.41, 5.74) is 2.29. The van der Waals surface area contributed by atoms with E-state index in [-0.39, 0.29) is 49.1 Å². The highest BCUT2D eigenvalue weighted by atomic mass is 16.6. The molecule has 7 nitrogen and oxygen atoms in total. The van der Waals surface area contributed by atoms with Crippen molar-refractivity contribution in [3.05, 3.63) is 59.2 Å². The van der Waals surface area contributed by atoms with Gasteiger partial charge < -0.3 is 14.8 Å². The highest BCUT2D eigenvalue weighted by Crippen LogP contribution is 2.34. The van der Waals surface area contributed by atoms with Gasteiger partial charge in [0.05, 0.1) is 12.6 Å². The van der Waals surface area contributed by atoms with E-state index >= 15 is 0 Å². The number of fused-ring (bicyclic) bond motifs is 1. The van der Waals surface area contributed by atoms with E-state index in [4.69, 9.17) is 9.47 Å². The first-order valence-electron chi connectivity index (χ1n) is 10.5. The Balaban J connectivity index is 1.45. The van der Waals surface area contributed by atoms with Gasteiger partial charge in [-0.25, -0.2) is 0 Å². The van der Waals surface area contributed by atoms with Crippen molar-refractivity contribution >= 4 is 17.7 Å². The predicted molar refractivity (Wildman–Crippen MR) is 114 cm³/mol. The Bertz CT molecular complexity index is 984. The second-order valence-electron chi connectivity index (χ2n) is 8.17. The molecule has 1 atom stereocenters. The standard InChI is InChI=1S/C24H26N2O5/c1-15(2)23(18-7-8-19-20(13-18)31-12-11-30-19)25-24(29)17-5-3-16(4-6-17)14-26-21(27)9-10-22(26)28/h3-8,13,15,23H,9-12,14H2,1-2H3,(H,25,29)/t23-/m1/s1. The van der Waals surface area contributed by atoms with Crippen LogP contribution in [0, 0.1) is 5.92 Å². The minimum atomic E-state index is -0.192. The van der Waals surface area contributed by atoms with E-state index in [0.29, 0.717) is 24.5 Å². The first-order valence-corrected chi connectivity index (χ1v) is 10.5. The molecule has 0 bridgehead atoms. The lowest BCUT2D eigenvalue weighted by molar-refractivity contribution is -0.139. The zero-order valence-electron chi connectivity index (χ0n) is 17.7. The molecule has 0 spiro atoms. The third kappa shape index (κ3) is 4.55. The molecule has 2 heterocycles. The topological polar surface area (TPSA) is 84.9 Å². The number of rotatable bonds is 6. The lowest BCUT2D eigenvalue weighted by atomic mass is 9.95. The third-order valence-electron chi connectivity index (χ3n) is 5.59. The fourth-order valence-corrected chi connectivity index (χ4v) is 3.86. The molecule has 1 saturated heterocycles. The molecule has 1 N–H and O–H groups in total. The average molecular weight is 422 g/mol. The van der Waals surface area contributed by atoms with Crippen molar-refractivity contribution in [3.63, 3.8) is 0 Å². The zero-order chi connectivity index (χ0) is 22.0. The highest BCUT2D eigenvalue weighted by Gasteiger charge is 2.28. The quantitative estimate of drug-likeness (QED) is 0.723. The number of benzene rings is 2. The van der Waals surface area contributed by atoms with Crippen LogP contribution in [-0.4, -0.2) is 35.8 Å². The van der Waals surface area contributed by atoms with Crippen molar-refractivity contribution in [2.75, 3.05) is 13.2 Å². The maximum Gasteiger partial charge on any atom is 0.251 e. The van der Waals surface area contributed by atoms with Crippen LogP contribution in [0.3, 0.4) is 0 Å². The Labute approximate surface area is 181 Å². The van der Waals surface area contributed by atoms with Crippen molar-refractivity contribution in [2.45, 2.75) is 39.3 Å². The molecule has 162 valence electrons. The molecule has 2 aromatic carbocycles. The number of imide groups is 1. The normalized spacial score (nSPS) is 16.5. The first-order chi connectivity index (χ1) is 14.9. The van der Waals surface area contributed by atoms with Crippen molar-refractivity contribution < 1.29 is 23.9 Å². The molecular weight excluding hydrogens is 396 g/mol. The van der Waals surface area contributed by atoms with Crippen LogP contribution in [0.25, 0.3) is 0 Å². The summed E-state index contributed by atoms with van der Waals surface area (Å²) in [6.07, 6.45) is 0.547. The van der Waals surface area contributed by atoms with Crippen LogP contribution in [0.2, 0.25) is 0 Å². The maximum atomic E-state index is 12.9. The summed E-state index contributed by atoms with van der Waals surface area (Å²) in [5, 5.41) is 3.11. The van der Waals surface area contributed by atoms with E-state index < -0.39 is 0 Å². The molecular formula is C24H26N2O5. The minimum absolute atomic E-state index is 0.147. The Morgan fingerprint density at radius 3 is 2.26 bits per heavy atom. The minimum Gasteiger partial charge on any atom is -0.486 e. The lowest BCUT2D eigenvalue weighted by Crippen LogP contribution is -2.32. The summed E-state index contributed by atoms with van der Waals surface area (Å²) >= 11 is 0. The van der Waals surface area contributed by atoms with Gasteiger partial charge in [0.15, 0.2) is 11.5 Å². The molecule has 0 aromatic heterocycles. The molecule has 2 aliphatic rings. The van der Waals surface area contributed by atoms with Crippen LogP contribution in [0.1, 0.15) is 54.2 Å². The van der Waals surface area contributed by atoms with Gasteiger partial charge in [0.1, 0.15) is 13.2 Å². The molecule has 3 amide bonds. The van der Waals surface area contributed by atoms with Gasteiger partial charge >= 0.3 is 0 Å².